The van der Waals surface area contributed by atoms with E-state index in [0.717, 1.165) is 57.5 Å². The fraction of sp³-hybridized carbons (Fsp3) is 0.536. The Balaban J connectivity index is 1.42. The van der Waals surface area contributed by atoms with Crippen molar-refractivity contribution in [3.8, 4) is 0 Å². The number of carbonyl (C=O) groups is 1. The van der Waals surface area contributed by atoms with Crippen molar-refractivity contribution in [3.63, 3.8) is 0 Å². The van der Waals surface area contributed by atoms with E-state index in [9.17, 15) is 4.79 Å². The molecule has 0 spiro atoms. The van der Waals surface area contributed by atoms with Gasteiger partial charge in [-0.25, -0.2) is 4.79 Å². The van der Waals surface area contributed by atoms with Crippen molar-refractivity contribution in [3.05, 3.63) is 64.2 Å². The van der Waals surface area contributed by atoms with Gasteiger partial charge in [0, 0.05) is 19.1 Å². The predicted molar refractivity (Wildman–Crippen MR) is 138 cm³/mol. The summed E-state index contributed by atoms with van der Waals surface area (Å²) in [5.74, 6) is 0.431. The molecular formula is C28H38ClN3O. The van der Waals surface area contributed by atoms with E-state index in [1.165, 1.54) is 16.7 Å². The number of benzene rings is 2. The zero-order chi connectivity index (χ0) is 23.6. The van der Waals surface area contributed by atoms with Crippen LogP contribution in [0.4, 0.5) is 10.5 Å². The Morgan fingerprint density at radius 1 is 1.03 bits per heavy atom. The number of rotatable bonds is 4. The highest BCUT2D eigenvalue weighted by Gasteiger charge is 2.34. The summed E-state index contributed by atoms with van der Waals surface area (Å²) >= 11 is 6.61. The van der Waals surface area contributed by atoms with E-state index in [-0.39, 0.29) is 11.4 Å². The van der Waals surface area contributed by atoms with E-state index >= 15 is 0 Å². The molecule has 0 aliphatic carbocycles. The lowest BCUT2D eigenvalue weighted by Crippen LogP contribution is -2.45. The maximum atomic E-state index is 13.2. The van der Waals surface area contributed by atoms with Gasteiger partial charge in [-0.1, -0.05) is 60.5 Å². The SMILES string of the molecule is Cc1ccc(C2(C)CCN(C(=O)Nc3c(Cl)cccc3C3CCN(C(C)C)CC3)CC2)cc1. The highest BCUT2D eigenvalue weighted by atomic mass is 35.5. The number of amides is 2. The normalized spacial score (nSPS) is 19.6. The molecular weight excluding hydrogens is 430 g/mol. The van der Waals surface area contributed by atoms with Crippen molar-refractivity contribution >= 4 is 23.3 Å². The number of likely N-dealkylation sites (tertiary alicyclic amines) is 2. The van der Waals surface area contributed by atoms with Crippen molar-refractivity contribution in [2.45, 2.75) is 70.8 Å². The fourth-order valence-electron chi connectivity index (χ4n) is 5.37. The van der Waals surface area contributed by atoms with Gasteiger partial charge in [0.1, 0.15) is 0 Å². The minimum Gasteiger partial charge on any atom is -0.324 e. The highest BCUT2D eigenvalue weighted by molar-refractivity contribution is 6.33. The standard InChI is InChI=1S/C28H38ClN3O/c1-20(2)31-16-12-22(13-17-31)24-6-5-7-25(29)26(24)30-27(33)32-18-14-28(4,15-19-32)23-10-8-21(3)9-11-23/h5-11,20,22H,12-19H2,1-4H3,(H,30,33). The summed E-state index contributed by atoms with van der Waals surface area (Å²) < 4.78 is 0. The summed E-state index contributed by atoms with van der Waals surface area (Å²) in [7, 11) is 0. The van der Waals surface area contributed by atoms with Gasteiger partial charge in [-0.15, -0.1) is 0 Å². The van der Waals surface area contributed by atoms with Gasteiger partial charge in [0.05, 0.1) is 10.7 Å². The summed E-state index contributed by atoms with van der Waals surface area (Å²) in [5.41, 5.74) is 4.75. The Hall–Kier alpha value is -2.04. The van der Waals surface area contributed by atoms with E-state index in [0.29, 0.717) is 17.0 Å². The molecule has 2 heterocycles. The van der Waals surface area contributed by atoms with Crippen LogP contribution in [0.1, 0.15) is 69.1 Å². The first-order valence-electron chi connectivity index (χ1n) is 12.4. The van der Waals surface area contributed by atoms with Crippen LogP contribution in [0, 0.1) is 6.92 Å². The molecule has 4 nitrogen and oxygen atoms in total. The predicted octanol–water partition coefficient (Wildman–Crippen LogP) is 6.82. The zero-order valence-electron chi connectivity index (χ0n) is 20.5. The van der Waals surface area contributed by atoms with Crippen LogP contribution in [-0.2, 0) is 5.41 Å². The number of para-hydroxylation sites is 1. The Morgan fingerprint density at radius 3 is 2.27 bits per heavy atom. The number of aryl methyl sites for hydroxylation is 1. The number of urea groups is 1. The van der Waals surface area contributed by atoms with Gasteiger partial charge >= 0.3 is 6.03 Å². The molecule has 1 N–H and O–H groups in total. The van der Waals surface area contributed by atoms with Gasteiger partial charge in [0.25, 0.3) is 0 Å². The molecule has 2 saturated heterocycles. The quantitative estimate of drug-likeness (QED) is 0.535. The molecule has 33 heavy (non-hydrogen) atoms. The summed E-state index contributed by atoms with van der Waals surface area (Å²) in [6, 6.07) is 15.4. The number of halogens is 1. The minimum atomic E-state index is -0.0325. The molecule has 0 bridgehead atoms. The summed E-state index contributed by atoms with van der Waals surface area (Å²) in [6.45, 7) is 12.6. The maximum absolute atomic E-state index is 13.2. The largest absolute Gasteiger partial charge is 0.324 e. The molecule has 178 valence electrons. The highest BCUT2D eigenvalue weighted by Crippen LogP contribution is 2.38. The van der Waals surface area contributed by atoms with Crippen LogP contribution in [0.3, 0.4) is 0 Å². The van der Waals surface area contributed by atoms with Crippen LogP contribution in [0.2, 0.25) is 5.02 Å². The van der Waals surface area contributed by atoms with Gasteiger partial charge in [-0.05, 0) is 88.1 Å². The van der Waals surface area contributed by atoms with Crippen molar-refractivity contribution in [1.82, 2.24) is 9.80 Å². The van der Waals surface area contributed by atoms with Crippen LogP contribution in [-0.4, -0.2) is 48.1 Å². The van der Waals surface area contributed by atoms with E-state index in [1.54, 1.807) is 0 Å². The van der Waals surface area contributed by atoms with E-state index in [2.05, 4.69) is 68.2 Å². The average molecular weight is 468 g/mol. The molecule has 2 amide bonds. The number of hydrogen-bond acceptors (Lipinski definition) is 2. The van der Waals surface area contributed by atoms with E-state index in [4.69, 9.17) is 11.6 Å². The molecule has 0 atom stereocenters. The maximum Gasteiger partial charge on any atom is 0.321 e. The van der Waals surface area contributed by atoms with Crippen molar-refractivity contribution < 1.29 is 4.79 Å². The summed E-state index contributed by atoms with van der Waals surface area (Å²) in [6.07, 6.45) is 4.12. The minimum absolute atomic E-state index is 0.0325. The monoisotopic (exact) mass is 467 g/mol. The third-order valence-corrected chi connectivity index (χ3v) is 8.20. The molecule has 2 fully saturated rings. The number of anilines is 1. The summed E-state index contributed by atoms with van der Waals surface area (Å²) in [5, 5.41) is 3.83. The molecule has 2 aliphatic heterocycles. The van der Waals surface area contributed by atoms with Crippen LogP contribution in [0.5, 0.6) is 0 Å². The molecule has 4 rings (SSSR count). The first kappa shape index (κ1) is 24.1. The van der Waals surface area contributed by atoms with E-state index < -0.39 is 0 Å². The van der Waals surface area contributed by atoms with Crippen molar-refractivity contribution in [2.24, 2.45) is 0 Å². The zero-order valence-corrected chi connectivity index (χ0v) is 21.3. The Morgan fingerprint density at radius 2 is 1.67 bits per heavy atom. The number of piperidine rings is 2. The Kier molecular flexibility index (Phi) is 7.35. The number of carbonyl (C=O) groups excluding carboxylic acids is 1. The second kappa shape index (κ2) is 10.1. The number of hydrogen-bond donors (Lipinski definition) is 1. The lowest BCUT2D eigenvalue weighted by molar-refractivity contribution is 0.171. The average Bonchev–Trinajstić information content (AvgIpc) is 2.81. The third-order valence-electron chi connectivity index (χ3n) is 7.88. The Bertz CT molecular complexity index is 956. The van der Waals surface area contributed by atoms with Crippen molar-refractivity contribution in [2.75, 3.05) is 31.5 Å². The van der Waals surface area contributed by atoms with Crippen molar-refractivity contribution in [1.29, 1.82) is 0 Å². The molecule has 2 aromatic carbocycles. The molecule has 2 aromatic rings. The smallest absolute Gasteiger partial charge is 0.321 e. The second-order valence-electron chi connectivity index (χ2n) is 10.5. The Labute approximate surface area is 204 Å². The number of nitrogens with zero attached hydrogens (tertiary/aromatic N) is 2. The summed E-state index contributed by atoms with van der Waals surface area (Å²) in [4.78, 5) is 17.7. The van der Waals surface area contributed by atoms with Gasteiger partial charge < -0.3 is 15.1 Å². The van der Waals surface area contributed by atoms with Crippen LogP contribution in [0.25, 0.3) is 0 Å². The van der Waals surface area contributed by atoms with Gasteiger partial charge in [0.15, 0.2) is 0 Å². The molecule has 0 radical (unpaired) electrons. The molecule has 0 aromatic heterocycles. The van der Waals surface area contributed by atoms with Crippen LogP contribution < -0.4 is 5.32 Å². The van der Waals surface area contributed by atoms with Gasteiger partial charge in [-0.2, -0.15) is 0 Å². The van der Waals surface area contributed by atoms with Gasteiger partial charge in [-0.3, -0.25) is 0 Å². The molecule has 2 aliphatic rings. The second-order valence-corrected chi connectivity index (χ2v) is 10.9. The lowest BCUT2D eigenvalue weighted by Gasteiger charge is -2.40. The fourth-order valence-corrected chi connectivity index (χ4v) is 5.60. The molecule has 0 saturated carbocycles. The van der Waals surface area contributed by atoms with Gasteiger partial charge in [0.2, 0.25) is 0 Å². The topological polar surface area (TPSA) is 35.6 Å². The third kappa shape index (κ3) is 5.38. The first-order valence-corrected chi connectivity index (χ1v) is 12.8. The van der Waals surface area contributed by atoms with E-state index in [1.807, 2.05) is 17.0 Å². The first-order chi connectivity index (χ1) is 15.8. The molecule has 0 unspecified atom stereocenters. The molecule has 5 heteroatoms. The van der Waals surface area contributed by atoms with Crippen LogP contribution >= 0.6 is 11.6 Å². The lowest BCUT2D eigenvalue weighted by atomic mass is 9.74. The van der Waals surface area contributed by atoms with Crippen LogP contribution in [0.15, 0.2) is 42.5 Å². The number of nitrogens with one attached hydrogen (secondary N) is 1.